The Bertz CT molecular complexity index is 543. The molecule has 0 radical (unpaired) electrons. The maximum atomic E-state index is 5.85. The molecule has 3 nitrogen and oxygen atoms in total. The molecule has 1 heterocycles. The van der Waals surface area contributed by atoms with Gasteiger partial charge in [0.15, 0.2) is 0 Å². The monoisotopic (exact) mass is 306 g/mol. The van der Waals surface area contributed by atoms with Gasteiger partial charge in [0, 0.05) is 0 Å². The van der Waals surface area contributed by atoms with Gasteiger partial charge in [0.25, 0.3) is 0 Å². The summed E-state index contributed by atoms with van der Waals surface area (Å²) in [5.41, 5.74) is 8.49. The Kier molecular flexibility index (Phi) is 3.87. The summed E-state index contributed by atoms with van der Waals surface area (Å²) < 4.78 is 6.66. The molecule has 0 aliphatic rings. The van der Waals surface area contributed by atoms with Gasteiger partial charge in [-0.2, -0.15) is 0 Å². The number of hydrogen-bond acceptors (Lipinski definition) is 3. The predicted octanol–water partition coefficient (Wildman–Crippen LogP) is 3.87. The Balaban J connectivity index is 2.22. The van der Waals surface area contributed by atoms with Crippen LogP contribution in [0, 0.1) is 6.92 Å². The summed E-state index contributed by atoms with van der Waals surface area (Å²) in [7, 11) is 0. The van der Waals surface area contributed by atoms with Crippen molar-refractivity contribution < 1.29 is 4.74 Å². The molecule has 1 atom stereocenters. The van der Waals surface area contributed by atoms with Gasteiger partial charge in [-0.25, -0.2) is 4.98 Å². The lowest BCUT2D eigenvalue weighted by Gasteiger charge is -2.16. The van der Waals surface area contributed by atoms with Crippen molar-refractivity contribution in [3.8, 4) is 5.88 Å². The molecule has 18 heavy (non-hydrogen) atoms. The van der Waals surface area contributed by atoms with E-state index in [1.165, 1.54) is 0 Å². The third-order valence-corrected chi connectivity index (χ3v) is 3.76. The van der Waals surface area contributed by atoms with Gasteiger partial charge >= 0.3 is 0 Å². The molecule has 1 unspecified atom stereocenters. The number of hydrogen-bond donors (Lipinski definition) is 1. The Hall–Kier alpha value is -1.55. The summed E-state index contributed by atoms with van der Waals surface area (Å²) in [6, 6.07) is 10.0. The quantitative estimate of drug-likeness (QED) is 0.936. The van der Waals surface area contributed by atoms with Crippen LogP contribution in [0.25, 0.3) is 0 Å². The van der Waals surface area contributed by atoms with Gasteiger partial charge in [-0.1, -0.05) is 30.3 Å². The fourth-order valence-electron chi connectivity index (χ4n) is 1.61. The average Bonchev–Trinajstić information content (AvgIpc) is 2.40. The second kappa shape index (κ2) is 5.40. The molecule has 0 aliphatic heterocycles. The van der Waals surface area contributed by atoms with Gasteiger partial charge in [0.05, 0.1) is 16.4 Å². The van der Waals surface area contributed by atoms with E-state index in [9.17, 15) is 0 Å². The molecule has 0 fully saturated rings. The van der Waals surface area contributed by atoms with Crippen molar-refractivity contribution in [1.82, 2.24) is 4.98 Å². The molecule has 1 aromatic heterocycles. The predicted molar refractivity (Wildman–Crippen MR) is 76.6 cm³/mol. The van der Waals surface area contributed by atoms with E-state index in [0.29, 0.717) is 11.6 Å². The zero-order valence-electron chi connectivity index (χ0n) is 10.4. The van der Waals surface area contributed by atoms with Crippen LogP contribution in [0.2, 0.25) is 0 Å². The second-order valence-corrected chi connectivity index (χ2v) is 4.92. The number of aromatic nitrogens is 1. The molecule has 0 spiro atoms. The van der Waals surface area contributed by atoms with Crippen molar-refractivity contribution in [3.05, 3.63) is 52.1 Å². The third kappa shape index (κ3) is 2.64. The summed E-state index contributed by atoms with van der Waals surface area (Å²) in [5, 5.41) is 0. The molecule has 2 aromatic rings. The Labute approximate surface area is 115 Å². The summed E-state index contributed by atoms with van der Waals surface area (Å²) >= 11 is 3.46. The number of ether oxygens (including phenoxy) is 1. The Morgan fingerprint density at radius 3 is 2.61 bits per heavy atom. The van der Waals surface area contributed by atoms with Crippen LogP contribution in [0.3, 0.4) is 0 Å². The van der Waals surface area contributed by atoms with Crippen molar-refractivity contribution in [1.29, 1.82) is 0 Å². The maximum Gasteiger partial charge on any atom is 0.228 e. The zero-order valence-corrected chi connectivity index (χ0v) is 11.9. The topological polar surface area (TPSA) is 48.1 Å². The number of pyridine rings is 1. The first-order valence-electron chi connectivity index (χ1n) is 5.71. The molecule has 0 aliphatic carbocycles. The van der Waals surface area contributed by atoms with Crippen molar-refractivity contribution in [2.24, 2.45) is 0 Å². The largest absolute Gasteiger partial charge is 0.469 e. The molecule has 2 N–H and O–H groups in total. The SMILES string of the molecule is Cc1c(N)cnc(OC(C)c2ccccc2)c1Br. The fraction of sp³-hybridized carbons (Fsp3) is 0.214. The molecule has 0 amide bonds. The Morgan fingerprint density at radius 1 is 1.28 bits per heavy atom. The van der Waals surface area contributed by atoms with Gasteiger partial charge in [0.2, 0.25) is 5.88 Å². The number of benzene rings is 1. The highest BCUT2D eigenvalue weighted by atomic mass is 79.9. The van der Waals surface area contributed by atoms with Gasteiger partial charge in [-0.05, 0) is 40.9 Å². The molecular formula is C14H15BrN2O. The first-order chi connectivity index (χ1) is 8.59. The van der Waals surface area contributed by atoms with Crippen molar-refractivity contribution in [2.45, 2.75) is 20.0 Å². The van der Waals surface area contributed by atoms with E-state index in [4.69, 9.17) is 10.5 Å². The van der Waals surface area contributed by atoms with Crippen molar-refractivity contribution in [3.63, 3.8) is 0 Å². The van der Waals surface area contributed by atoms with Crippen molar-refractivity contribution in [2.75, 3.05) is 5.73 Å². The highest BCUT2D eigenvalue weighted by Crippen LogP contribution is 2.32. The van der Waals surface area contributed by atoms with Crippen LogP contribution >= 0.6 is 15.9 Å². The van der Waals surface area contributed by atoms with Crippen molar-refractivity contribution >= 4 is 21.6 Å². The normalized spacial score (nSPS) is 12.2. The van der Waals surface area contributed by atoms with Crippen LogP contribution in [-0.4, -0.2) is 4.98 Å². The highest BCUT2D eigenvalue weighted by Gasteiger charge is 2.13. The van der Waals surface area contributed by atoms with Gasteiger partial charge in [-0.3, -0.25) is 0 Å². The van der Waals surface area contributed by atoms with Gasteiger partial charge < -0.3 is 10.5 Å². The van der Waals surface area contributed by atoms with E-state index in [2.05, 4.69) is 20.9 Å². The number of rotatable bonds is 3. The summed E-state index contributed by atoms with van der Waals surface area (Å²) in [4.78, 5) is 4.21. The first-order valence-corrected chi connectivity index (χ1v) is 6.51. The van der Waals surface area contributed by atoms with E-state index in [1.807, 2.05) is 44.2 Å². The fourth-order valence-corrected chi connectivity index (χ4v) is 2.04. The van der Waals surface area contributed by atoms with Crippen LogP contribution < -0.4 is 10.5 Å². The first kappa shape index (κ1) is 12.9. The molecule has 94 valence electrons. The molecule has 0 saturated carbocycles. The molecule has 0 bridgehead atoms. The van der Waals surface area contributed by atoms with Gasteiger partial charge in [-0.15, -0.1) is 0 Å². The van der Waals surface area contributed by atoms with Gasteiger partial charge in [0.1, 0.15) is 6.10 Å². The number of nitrogens with zero attached hydrogens (tertiary/aromatic N) is 1. The summed E-state index contributed by atoms with van der Waals surface area (Å²) in [6.07, 6.45) is 1.56. The molecule has 0 saturated heterocycles. The summed E-state index contributed by atoms with van der Waals surface area (Å²) in [5.74, 6) is 0.568. The van der Waals surface area contributed by atoms with E-state index in [1.54, 1.807) is 6.20 Å². The Morgan fingerprint density at radius 2 is 1.94 bits per heavy atom. The second-order valence-electron chi connectivity index (χ2n) is 4.13. The van der Waals surface area contributed by atoms with Crippen LogP contribution in [0.15, 0.2) is 41.0 Å². The maximum absolute atomic E-state index is 5.85. The lowest BCUT2D eigenvalue weighted by Crippen LogP contribution is -2.06. The minimum atomic E-state index is -0.0574. The lowest BCUT2D eigenvalue weighted by atomic mass is 10.1. The van der Waals surface area contributed by atoms with E-state index < -0.39 is 0 Å². The zero-order chi connectivity index (χ0) is 13.1. The highest BCUT2D eigenvalue weighted by molar-refractivity contribution is 9.10. The lowest BCUT2D eigenvalue weighted by molar-refractivity contribution is 0.215. The van der Waals surface area contributed by atoms with Crippen LogP contribution in [0.4, 0.5) is 5.69 Å². The molecule has 2 rings (SSSR count). The number of nitrogens with two attached hydrogens (primary N) is 1. The minimum absolute atomic E-state index is 0.0574. The van der Waals surface area contributed by atoms with E-state index >= 15 is 0 Å². The average molecular weight is 307 g/mol. The number of halogens is 1. The van der Waals surface area contributed by atoms with E-state index in [0.717, 1.165) is 15.6 Å². The minimum Gasteiger partial charge on any atom is -0.469 e. The summed E-state index contributed by atoms with van der Waals surface area (Å²) in [6.45, 7) is 3.93. The van der Waals surface area contributed by atoms with Crippen LogP contribution in [-0.2, 0) is 0 Å². The molecule has 1 aromatic carbocycles. The number of nitrogen functional groups attached to an aromatic ring is 1. The van der Waals surface area contributed by atoms with Crippen LogP contribution in [0.1, 0.15) is 24.2 Å². The molecular weight excluding hydrogens is 292 g/mol. The smallest absolute Gasteiger partial charge is 0.228 e. The standard InChI is InChI=1S/C14H15BrN2O/c1-9-12(16)8-17-14(13(9)15)18-10(2)11-6-4-3-5-7-11/h3-8,10H,16H2,1-2H3. The molecule has 4 heteroatoms. The van der Waals surface area contributed by atoms with Crippen LogP contribution in [0.5, 0.6) is 5.88 Å². The third-order valence-electron chi connectivity index (χ3n) is 2.83. The van der Waals surface area contributed by atoms with E-state index in [-0.39, 0.29) is 6.10 Å². The number of anilines is 1.